The van der Waals surface area contributed by atoms with Crippen molar-refractivity contribution in [1.82, 2.24) is 0 Å². The van der Waals surface area contributed by atoms with E-state index in [-0.39, 0.29) is 16.7 Å². The van der Waals surface area contributed by atoms with Gasteiger partial charge in [0.2, 0.25) is 0 Å². The molecule has 0 bridgehead atoms. The summed E-state index contributed by atoms with van der Waals surface area (Å²) in [5.41, 5.74) is -4.18. The van der Waals surface area contributed by atoms with Crippen LogP contribution in [0.15, 0.2) is 40.3 Å². The molecule has 0 aliphatic carbocycles. The minimum Gasteiger partial charge on any atom is -0.324 e. The molecule has 4 nitrogen and oxygen atoms in total. The lowest BCUT2D eigenvalue weighted by atomic mass is 10.4. The van der Waals surface area contributed by atoms with Gasteiger partial charge in [-0.05, 0) is 23.9 Å². The molecule has 18 heavy (non-hydrogen) atoms. The van der Waals surface area contributed by atoms with Crippen LogP contribution in [0.2, 0.25) is 0 Å². The molecular weight excluding hydrogens is 265 g/mol. The van der Waals surface area contributed by atoms with Crippen LogP contribution in [-0.2, 0) is 0 Å². The number of thioether (sulfide) groups is 1. The highest BCUT2D eigenvalue weighted by atomic mass is 32.2. The summed E-state index contributed by atoms with van der Waals surface area (Å²) in [6.07, 6.45) is 0. The van der Waals surface area contributed by atoms with Crippen molar-refractivity contribution in [3.05, 3.63) is 30.3 Å². The Morgan fingerprint density at radius 1 is 1.11 bits per heavy atom. The number of hydrazone groups is 1. The van der Waals surface area contributed by atoms with Crippen molar-refractivity contribution in [2.75, 3.05) is 0 Å². The first-order valence-electron chi connectivity index (χ1n) is 3.98. The molecule has 0 saturated carbocycles. The van der Waals surface area contributed by atoms with Gasteiger partial charge in [0.15, 0.2) is 0 Å². The summed E-state index contributed by atoms with van der Waals surface area (Å²) in [5, 5.41) is 15.8. The number of benzene rings is 1. The average Bonchev–Trinajstić information content (AvgIpc) is 2.34. The fourth-order valence-electron chi connectivity index (χ4n) is 0.622. The van der Waals surface area contributed by atoms with Crippen LogP contribution in [0.5, 0.6) is 0 Å². The third-order valence-corrected chi connectivity index (χ3v) is 1.72. The van der Waals surface area contributed by atoms with E-state index in [9.17, 15) is 13.2 Å². The molecule has 0 aliphatic heterocycles. The SMILES string of the molecule is C#N.C#N.C=NN.FC(F)(F)Sc1ccccc1. The van der Waals surface area contributed by atoms with Gasteiger partial charge < -0.3 is 5.84 Å². The van der Waals surface area contributed by atoms with Crippen molar-refractivity contribution < 1.29 is 13.2 Å². The maximum absolute atomic E-state index is 11.7. The Balaban J connectivity index is -0.000000274. The molecule has 0 radical (unpaired) electrons. The molecule has 8 heteroatoms. The summed E-state index contributed by atoms with van der Waals surface area (Å²) in [5.74, 6) is 4.36. The van der Waals surface area contributed by atoms with E-state index >= 15 is 0 Å². The van der Waals surface area contributed by atoms with E-state index in [2.05, 4.69) is 30.8 Å². The zero-order valence-corrected chi connectivity index (χ0v) is 10.0. The molecule has 0 heterocycles. The van der Waals surface area contributed by atoms with E-state index in [1.54, 1.807) is 18.2 Å². The van der Waals surface area contributed by atoms with Crippen molar-refractivity contribution in [2.45, 2.75) is 10.4 Å². The summed E-state index contributed by atoms with van der Waals surface area (Å²) in [6, 6.07) is 7.69. The Kier molecular flexibility index (Phi) is 17.4. The van der Waals surface area contributed by atoms with Crippen LogP contribution in [0.25, 0.3) is 0 Å². The minimum absolute atomic E-state index is 0.0993. The smallest absolute Gasteiger partial charge is 0.324 e. The van der Waals surface area contributed by atoms with E-state index in [1.807, 2.05) is 0 Å². The second-order valence-corrected chi connectivity index (χ2v) is 3.18. The molecule has 0 aromatic heterocycles. The highest BCUT2D eigenvalue weighted by Gasteiger charge is 2.28. The van der Waals surface area contributed by atoms with Crippen LogP contribution in [0.3, 0.4) is 0 Å². The van der Waals surface area contributed by atoms with Crippen LogP contribution < -0.4 is 5.84 Å². The van der Waals surface area contributed by atoms with Crippen molar-refractivity contribution in [2.24, 2.45) is 10.9 Å². The normalized spacial score (nSPS) is 7.94. The van der Waals surface area contributed by atoms with Crippen LogP contribution in [0.1, 0.15) is 0 Å². The van der Waals surface area contributed by atoms with Gasteiger partial charge in [-0.3, -0.25) is 0 Å². The summed E-state index contributed by atoms with van der Waals surface area (Å²) in [7, 11) is 0. The van der Waals surface area contributed by atoms with Crippen molar-refractivity contribution in [3.8, 4) is 13.1 Å². The fourth-order valence-corrected chi connectivity index (χ4v) is 1.18. The van der Waals surface area contributed by atoms with E-state index in [0.717, 1.165) is 0 Å². The van der Waals surface area contributed by atoms with Gasteiger partial charge in [-0.2, -0.15) is 18.3 Å². The summed E-state index contributed by atoms with van der Waals surface area (Å²) in [6.45, 7) is 9.89. The molecule has 2 N–H and O–H groups in total. The number of nitriles is 2. The quantitative estimate of drug-likeness (QED) is 0.369. The molecule has 0 unspecified atom stereocenters. The Hall–Kier alpha value is -2.19. The molecule has 1 aromatic rings. The molecule has 0 fully saturated rings. The Bertz CT molecular complexity index is 329. The first kappa shape index (κ1) is 21.1. The minimum atomic E-state index is -4.18. The number of hydrogen-bond donors (Lipinski definition) is 1. The second-order valence-electron chi connectivity index (χ2n) is 2.04. The van der Waals surface area contributed by atoms with E-state index < -0.39 is 5.51 Å². The fraction of sp³-hybridized carbons (Fsp3) is 0.100. The zero-order chi connectivity index (χ0) is 15.0. The number of halogens is 3. The molecule has 0 aliphatic rings. The van der Waals surface area contributed by atoms with E-state index in [1.165, 1.54) is 12.1 Å². The highest BCUT2D eigenvalue weighted by Crippen LogP contribution is 2.36. The van der Waals surface area contributed by atoms with Gasteiger partial charge >= 0.3 is 5.51 Å². The van der Waals surface area contributed by atoms with Crippen molar-refractivity contribution in [1.29, 1.82) is 10.5 Å². The first-order chi connectivity index (χ1) is 8.49. The Labute approximate surface area is 108 Å². The van der Waals surface area contributed by atoms with Gasteiger partial charge in [0.25, 0.3) is 0 Å². The molecule has 0 spiro atoms. The molecule has 1 rings (SSSR count). The number of nitrogens with two attached hydrogens (primary N) is 1. The summed E-state index contributed by atoms with van der Waals surface area (Å²) >= 11 is -0.0993. The maximum Gasteiger partial charge on any atom is 0.446 e. The molecule has 98 valence electrons. The lowest BCUT2D eigenvalue weighted by molar-refractivity contribution is -0.0328. The number of nitrogens with zero attached hydrogens (tertiary/aromatic N) is 3. The predicted molar refractivity (Wildman–Crippen MR) is 65.4 cm³/mol. The van der Waals surface area contributed by atoms with Gasteiger partial charge in [-0.15, -0.1) is 0 Å². The molecular formula is C10H11F3N4S. The molecule has 0 saturated heterocycles. The number of hydrogen-bond acceptors (Lipinski definition) is 5. The van der Waals surface area contributed by atoms with Gasteiger partial charge in [0.1, 0.15) is 0 Å². The molecule has 0 atom stereocenters. The topological polar surface area (TPSA) is 86.0 Å². The van der Waals surface area contributed by atoms with E-state index in [0.29, 0.717) is 0 Å². The van der Waals surface area contributed by atoms with Crippen LogP contribution in [0, 0.1) is 23.7 Å². The van der Waals surface area contributed by atoms with Crippen LogP contribution >= 0.6 is 11.8 Å². The average molecular weight is 276 g/mol. The monoisotopic (exact) mass is 276 g/mol. The van der Waals surface area contributed by atoms with Crippen LogP contribution in [0.4, 0.5) is 13.2 Å². The first-order valence-corrected chi connectivity index (χ1v) is 4.79. The lowest BCUT2D eigenvalue weighted by Gasteiger charge is -2.03. The predicted octanol–water partition coefficient (Wildman–Crippen LogP) is 3.14. The number of alkyl halides is 3. The van der Waals surface area contributed by atoms with E-state index in [4.69, 9.17) is 10.5 Å². The largest absolute Gasteiger partial charge is 0.446 e. The van der Waals surface area contributed by atoms with Gasteiger partial charge in [0.05, 0.1) is 0 Å². The molecule has 0 amide bonds. The molecule has 1 aromatic carbocycles. The highest BCUT2D eigenvalue weighted by molar-refractivity contribution is 8.00. The second kappa shape index (κ2) is 14.8. The summed E-state index contributed by atoms with van der Waals surface area (Å²) in [4.78, 5) is 0.222. The van der Waals surface area contributed by atoms with Gasteiger partial charge in [-0.1, -0.05) is 18.2 Å². The zero-order valence-electron chi connectivity index (χ0n) is 9.21. The third kappa shape index (κ3) is 19.4. The third-order valence-electron chi connectivity index (χ3n) is 0.977. The number of rotatable bonds is 1. The van der Waals surface area contributed by atoms with Crippen molar-refractivity contribution in [3.63, 3.8) is 0 Å². The standard InChI is InChI=1S/C7H5F3S.CH4N2.2CHN/c8-7(9,10)11-6-4-2-1-3-5-6;1-3-2;2*1-2/h1-5H;1-2H2;2*1H. The maximum atomic E-state index is 11.7. The Morgan fingerprint density at radius 3 is 1.72 bits per heavy atom. The lowest BCUT2D eigenvalue weighted by Crippen LogP contribution is -1.98. The van der Waals surface area contributed by atoms with Gasteiger partial charge in [0, 0.05) is 24.8 Å². The van der Waals surface area contributed by atoms with Gasteiger partial charge in [-0.25, -0.2) is 10.5 Å². The Morgan fingerprint density at radius 2 is 1.44 bits per heavy atom. The van der Waals surface area contributed by atoms with Crippen molar-refractivity contribution >= 4 is 18.5 Å². The van der Waals surface area contributed by atoms with Crippen LogP contribution in [-0.4, -0.2) is 12.2 Å². The summed E-state index contributed by atoms with van der Waals surface area (Å²) < 4.78 is 35.1.